The van der Waals surface area contributed by atoms with Gasteiger partial charge in [-0.15, -0.1) is 0 Å². The third-order valence-electron chi connectivity index (χ3n) is 3.87. The largest absolute Gasteiger partial charge is 0.392 e. The van der Waals surface area contributed by atoms with Gasteiger partial charge >= 0.3 is 0 Å². The van der Waals surface area contributed by atoms with Crippen LogP contribution in [-0.4, -0.2) is 50.1 Å². The summed E-state index contributed by atoms with van der Waals surface area (Å²) in [5.41, 5.74) is 4.61. The standard InChI is InChI=1S/C13H16N6O3/c1-16-10-7-2-3-19(11(7)18-12(15)17-10)9-4-8(21)13(5-14,6-20)22-9/h2-3,8-9,20-21H,4,6H2,1H3,(H3,15,16,17,18)/t8-,9+,13+/m0/s1. The van der Waals surface area contributed by atoms with E-state index in [1.807, 2.05) is 6.07 Å². The zero-order valence-corrected chi connectivity index (χ0v) is 11.9. The number of nitriles is 1. The first-order valence-corrected chi connectivity index (χ1v) is 6.74. The van der Waals surface area contributed by atoms with E-state index in [0.29, 0.717) is 11.5 Å². The van der Waals surface area contributed by atoms with Crippen molar-refractivity contribution in [2.75, 3.05) is 24.7 Å². The maximum atomic E-state index is 10.0. The maximum absolute atomic E-state index is 10.0. The number of nitrogens with one attached hydrogen (secondary N) is 1. The first kappa shape index (κ1) is 14.5. The Bertz CT molecular complexity index is 754. The normalized spacial score (nSPS) is 27.9. The van der Waals surface area contributed by atoms with Crippen molar-refractivity contribution in [1.82, 2.24) is 14.5 Å². The van der Waals surface area contributed by atoms with Crippen molar-refractivity contribution < 1.29 is 14.9 Å². The predicted octanol–water partition coefficient (Wildman–Crippen LogP) is -0.410. The summed E-state index contributed by atoms with van der Waals surface area (Å²) in [4.78, 5) is 8.29. The van der Waals surface area contributed by atoms with Crippen LogP contribution in [-0.2, 0) is 4.74 Å². The Morgan fingerprint density at radius 2 is 2.41 bits per heavy atom. The van der Waals surface area contributed by atoms with Gasteiger partial charge in [-0.2, -0.15) is 15.2 Å². The number of aliphatic hydroxyl groups is 2. The highest BCUT2D eigenvalue weighted by Crippen LogP contribution is 2.38. The van der Waals surface area contributed by atoms with Crippen LogP contribution in [0.2, 0.25) is 0 Å². The van der Waals surface area contributed by atoms with Crippen LogP contribution in [0.15, 0.2) is 12.3 Å². The molecule has 0 amide bonds. The number of aliphatic hydroxyl groups excluding tert-OH is 2. The predicted molar refractivity (Wildman–Crippen MR) is 77.7 cm³/mol. The third-order valence-corrected chi connectivity index (χ3v) is 3.87. The van der Waals surface area contributed by atoms with Crippen molar-refractivity contribution in [1.29, 1.82) is 5.26 Å². The van der Waals surface area contributed by atoms with Gasteiger partial charge in [0, 0.05) is 19.7 Å². The Hall–Kier alpha value is -2.41. The Morgan fingerprint density at radius 3 is 3.00 bits per heavy atom. The zero-order chi connectivity index (χ0) is 15.9. The SMILES string of the molecule is CNc1nc(N)nc2c1ccn2[C@H]1C[C@H](O)[C@@](C#N)(CO)O1. The topological polar surface area (TPSA) is 142 Å². The quantitative estimate of drug-likeness (QED) is 0.599. The number of ether oxygens (including phenoxy) is 1. The highest BCUT2D eigenvalue weighted by atomic mass is 16.6. The molecule has 0 aliphatic carbocycles. The van der Waals surface area contributed by atoms with Gasteiger partial charge in [0.05, 0.1) is 12.0 Å². The molecule has 3 atom stereocenters. The summed E-state index contributed by atoms with van der Waals surface area (Å²) in [5, 5.41) is 32.3. The number of fused-ring (bicyclic) bond motifs is 1. The highest BCUT2D eigenvalue weighted by molar-refractivity contribution is 5.88. The van der Waals surface area contributed by atoms with E-state index in [4.69, 9.17) is 10.5 Å². The molecule has 1 saturated heterocycles. The molecule has 3 heterocycles. The van der Waals surface area contributed by atoms with E-state index in [1.54, 1.807) is 23.9 Å². The number of nitrogen functional groups attached to an aromatic ring is 1. The molecule has 0 spiro atoms. The van der Waals surface area contributed by atoms with Gasteiger partial charge in [0.15, 0.2) is 0 Å². The fourth-order valence-electron chi connectivity index (χ4n) is 2.67. The molecular formula is C13H16N6O3. The van der Waals surface area contributed by atoms with Crippen LogP contribution >= 0.6 is 0 Å². The van der Waals surface area contributed by atoms with E-state index in [1.165, 1.54) is 0 Å². The number of nitrogens with zero attached hydrogens (tertiary/aromatic N) is 4. The molecular weight excluding hydrogens is 288 g/mol. The number of anilines is 2. The molecule has 0 radical (unpaired) electrons. The van der Waals surface area contributed by atoms with Gasteiger partial charge in [0.1, 0.15) is 29.9 Å². The van der Waals surface area contributed by atoms with Crippen molar-refractivity contribution >= 4 is 22.8 Å². The summed E-state index contributed by atoms with van der Waals surface area (Å²) in [7, 11) is 1.72. The maximum Gasteiger partial charge on any atom is 0.223 e. The van der Waals surface area contributed by atoms with Crippen LogP contribution in [0, 0.1) is 11.3 Å². The first-order valence-electron chi connectivity index (χ1n) is 6.74. The van der Waals surface area contributed by atoms with Gasteiger partial charge in [0.2, 0.25) is 11.5 Å². The van der Waals surface area contributed by atoms with E-state index in [-0.39, 0.29) is 12.4 Å². The summed E-state index contributed by atoms with van der Waals surface area (Å²) >= 11 is 0. The van der Waals surface area contributed by atoms with Crippen molar-refractivity contribution in [2.45, 2.75) is 24.4 Å². The minimum absolute atomic E-state index is 0.101. The van der Waals surface area contributed by atoms with Crippen LogP contribution in [0.3, 0.4) is 0 Å². The fraction of sp³-hybridized carbons (Fsp3) is 0.462. The molecule has 1 aliphatic rings. The number of hydrogen-bond acceptors (Lipinski definition) is 8. The van der Waals surface area contributed by atoms with Crippen LogP contribution < -0.4 is 11.1 Å². The summed E-state index contributed by atoms with van der Waals surface area (Å²) in [6, 6.07) is 3.64. The molecule has 0 saturated carbocycles. The van der Waals surface area contributed by atoms with Gasteiger partial charge in [0.25, 0.3) is 0 Å². The van der Waals surface area contributed by atoms with Gasteiger partial charge < -0.3 is 30.6 Å². The lowest BCUT2D eigenvalue weighted by Gasteiger charge is -2.21. The third kappa shape index (κ3) is 1.97. The number of hydrogen-bond donors (Lipinski definition) is 4. The van der Waals surface area contributed by atoms with Gasteiger partial charge in [-0.3, -0.25) is 0 Å². The van der Waals surface area contributed by atoms with Gasteiger partial charge in [-0.1, -0.05) is 0 Å². The van der Waals surface area contributed by atoms with Crippen molar-refractivity contribution in [3.63, 3.8) is 0 Å². The monoisotopic (exact) mass is 304 g/mol. The molecule has 0 unspecified atom stereocenters. The molecule has 22 heavy (non-hydrogen) atoms. The van der Waals surface area contributed by atoms with Gasteiger partial charge in [-0.25, -0.2) is 0 Å². The molecule has 9 nitrogen and oxygen atoms in total. The molecule has 0 aromatic carbocycles. The summed E-state index contributed by atoms with van der Waals surface area (Å²) < 4.78 is 7.28. The molecule has 1 aliphatic heterocycles. The van der Waals surface area contributed by atoms with E-state index in [9.17, 15) is 15.5 Å². The molecule has 1 fully saturated rings. The molecule has 2 aromatic heterocycles. The molecule has 3 rings (SSSR count). The minimum Gasteiger partial charge on any atom is -0.392 e. The lowest BCUT2D eigenvalue weighted by Crippen LogP contribution is -2.41. The molecule has 2 aromatic rings. The minimum atomic E-state index is -1.62. The smallest absolute Gasteiger partial charge is 0.223 e. The molecule has 5 N–H and O–H groups in total. The number of aromatic nitrogens is 3. The second-order valence-corrected chi connectivity index (χ2v) is 5.12. The average molecular weight is 304 g/mol. The van der Waals surface area contributed by atoms with Crippen LogP contribution in [0.1, 0.15) is 12.6 Å². The van der Waals surface area contributed by atoms with Gasteiger partial charge in [-0.05, 0) is 6.07 Å². The lowest BCUT2D eigenvalue weighted by molar-refractivity contribution is -0.0903. The lowest BCUT2D eigenvalue weighted by atomic mass is 10.00. The number of nitrogens with two attached hydrogens (primary N) is 1. The van der Waals surface area contributed by atoms with E-state index in [0.717, 1.165) is 5.39 Å². The van der Waals surface area contributed by atoms with E-state index >= 15 is 0 Å². The Kier molecular flexibility index (Phi) is 3.37. The summed E-state index contributed by atoms with van der Waals surface area (Å²) in [6.45, 7) is -0.584. The van der Waals surface area contributed by atoms with Crippen LogP contribution in [0.4, 0.5) is 11.8 Å². The fourth-order valence-corrected chi connectivity index (χ4v) is 2.67. The second kappa shape index (κ2) is 5.10. The van der Waals surface area contributed by atoms with Crippen LogP contribution in [0.5, 0.6) is 0 Å². The highest BCUT2D eigenvalue weighted by Gasteiger charge is 2.49. The summed E-state index contributed by atoms with van der Waals surface area (Å²) in [6.07, 6.45) is 0.171. The van der Waals surface area contributed by atoms with Crippen molar-refractivity contribution in [2.24, 2.45) is 0 Å². The average Bonchev–Trinajstić information content (AvgIpc) is 3.07. The zero-order valence-electron chi connectivity index (χ0n) is 11.9. The Morgan fingerprint density at radius 1 is 1.64 bits per heavy atom. The van der Waals surface area contributed by atoms with Crippen molar-refractivity contribution in [3.8, 4) is 6.07 Å². The second-order valence-electron chi connectivity index (χ2n) is 5.12. The Labute approximate surface area is 126 Å². The molecule has 0 bridgehead atoms. The first-order chi connectivity index (χ1) is 10.5. The summed E-state index contributed by atoms with van der Waals surface area (Å²) in [5.74, 6) is 0.678. The number of rotatable bonds is 3. The molecule has 116 valence electrons. The Balaban J connectivity index is 2.06. The molecule has 9 heteroatoms. The van der Waals surface area contributed by atoms with Crippen molar-refractivity contribution in [3.05, 3.63) is 12.3 Å². The van der Waals surface area contributed by atoms with E-state index < -0.39 is 24.5 Å². The van der Waals surface area contributed by atoms with E-state index in [2.05, 4.69) is 15.3 Å². The van der Waals surface area contributed by atoms with Crippen LogP contribution in [0.25, 0.3) is 11.0 Å².